The van der Waals surface area contributed by atoms with Gasteiger partial charge in [0.1, 0.15) is 0 Å². The molecular formula is C15H18NO3. The van der Waals surface area contributed by atoms with Crippen molar-refractivity contribution in [2.45, 2.75) is 37.3 Å². The third kappa shape index (κ3) is 2.26. The van der Waals surface area contributed by atoms with Crippen molar-refractivity contribution in [2.75, 3.05) is 6.54 Å². The molecule has 0 bridgehead atoms. The summed E-state index contributed by atoms with van der Waals surface area (Å²) in [6.45, 7) is 1.02. The van der Waals surface area contributed by atoms with E-state index in [0.717, 1.165) is 13.0 Å². The molecule has 0 aromatic heterocycles. The summed E-state index contributed by atoms with van der Waals surface area (Å²) < 4.78 is 0. The molecule has 19 heavy (non-hydrogen) atoms. The maximum absolute atomic E-state index is 11.0. The second kappa shape index (κ2) is 4.62. The number of nitrogens with one attached hydrogen (secondary N) is 1. The molecule has 1 aromatic carbocycles. The summed E-state index contributed by atoms with van der Waals surface area (Å²) in [6, 6.07) is 7.96. The van der Waals surface area contributed by atoms with Crippen LogP contribution in [0.4, 0.5) is 0 Å². The molecule has 1 aliphatic carbocycles. The average Bonchev–Trinajstić information content (AvgIpc) is 2.86. The van der Waals surface area contributed by atoms with Crippen molar-refractivity contribution >= 4 is 5.97 Å². The van der Waals surface area contributed by atoms with Gasteiger partial charge in [-0.15, -0.1) is 0 Å². The predicted molar refractivity (Wildman–Crippen MR) is 69.9 cm³/mol. The lowest BCUT2D eigenvalue weighted by molar-refractivity contribution is -0.0211. The van der Waals surface area contributed by atoms with Crippen LogP contribution in [-0.2, 0) is 5.60 Å². The van der Waals surface area contributed by atoms with Crippen LogP contribution in [0.5, 0.6) is 0 Å². The molecule has 2 fully saturated rings. The highest BCUT2D eigenvalue weighted by Gasteiger charge is 2.42. The van der Waals surface area contributed by atoms with Crippen molar-refractivity contribution in [1.82, 2.24) is 5.32 Å². The number of carboxylic acid groups (broad SMARTS) is 1. The van der Waals surface area contributed by atoms with Crippen LogP contribution in [0.2, 0.25) is 0 Å². The number of carbonyl (C=O) groups is 1. The minimum Gasteiger partial charge on any atom is -0.478 e. The summed E-state index contributed by atoms with van der Waals surface area (Å²) in [4.78, 5) is 11.0. The SMILES string of the molecule is O=C(O)c1[c]ccc(C2(O)CCC3CCNC3C2)c1. The molecule has 1 heterocycles. The summed E-state index contributed by atoms with van der Waals surface area (Å²) >= 11 is 0. The van der Waals surface area contributed by atoms with E-state index in [1.165, 1.54) is 6.42 Å². The quantitative estimate of drug-likeness (QED) is 0.754. The Hall–Kier alpha value is -1.39. The van der Waals surface area contributed by atoms with Gasteiger partial charge in [0.15, 0.2) is 0 Å². The van der Waals surface area contributed by atoms with Crippen LogP contribution in [0.1, 0.15) is 41.6 Å². The molecule has 3 atom stereocenters. The third-order valence-electron chi connectivity index (χ3n) is 4.55. The molecule has 1 aromatic rings. The Kier molecular flexibility index (Phi) is 3.07. The van der Waals surface area contributed by atoms with Gasteiger partial charge in [0.05, 0.1) is 11.2 Å². The van der Waals surface area contributed by atoms with E-state index in [1.54, 1.807) is 18.2 Å². The summed E-state index contributed by atoms with van der Waals surface area (Å²) in [5.74, 6) is -0.340. The maximum Gasteiger partial charge on any atom is 0.336 e. The Morgan fingerprint density at radius 1 is 1.47 bits per heavy atom. The van der Waals surface area contributed by atoms with E-state index in [2.05, 4.69) is 11.4 Å². The molecular weight excluding hydrogens is 242 g/mol. The molecule has 3 rings (SSSR count). The van der Waals surface area contributed by atoms with Crippen LogP contribution in [0, 0.1) is 12.0 Å². The highest BCUT2D eigenvalue weighted by molar-refractivity contribution is 5.87. The number of benzene rings is 1. The van der Waals surface area contributed by atoms with Gasteiger partial charge >= 0.3 is 5.97 Å². The van der Waals surface area contributed by atoms with Gasteiger partial charge in [-0.3, -0.25) is 0 Å². The lowest BCUT2D eigenvalue weighted by Crippen LogP contribution is -2.42. The molecule has 4 heteroatoms. The van der Waals surface area contributed by atoms with E-state index >= 15 is 0 Å². The molecule has 1 saturated carbocycles. The molecule has 1 radical (unpaired) electrons. The van der Waals surface area contributed by atoms with E-state index in [1.807, 2.05) is 0 Å². The van der Waals surface area contributed by atoms with Gasteiger partial charge in [0.25, 0.3) is 0 Å². The molecule has 0 amide bonds. The maximum atomic E-state index is 11.0. The van der Waals surface area contributed by atoms with Gasteiger partial charge in [0, 0.05) is 6.04 Å². The fraction of sp³-hybridized carbons (Fsp3) is 0.533. The van der Waals surface area contributed by atoms with Gasteiger partial charge in [-0.1, -0.05) is 12.1 Å². The monoisotopic (exact) mass is 260 g/mol. The Morgan fingerprint density at radius 3 is 3.11 bits per heavy atom. The van der Waals surface area contributed by atoms with Gasteiger partial charge in [-0.2, -0.15) is 0 Å². The topological polar surface area (TPSA) is 69.6 Å². The zero-order valence-corrected chi connectivity index (χ0v) is 10.7. The minimum atomic E-state index is -1.00. The summed E-state index contributed by atoms with van der Waals surface area (Å²) in [6.07, 6.45) is 3.55. The number of hydrogen-bond donors (Lipinski definition) is 3. The minimum absolute atomic E-state index is 0.118. The molecule has 1 saturated heterocycles. The number of rotatable bonds is 2. The lowest BCUT2D eigenvalue weighted by Gasteiger charge is -2.39. The predicted octanol–water partition coefficient (Wildman–Crippen LogP) is 1.53. The average molecular weight is 260 g/mol. The summed E-state index contributed by atoms with van der Waals surface area (Å²) in [7, 11) is 0. The Morgan fingerprint density at radius 2 is 2.32 bits per heavy atom. The van der Waals surface area contributed by atoms with E-state index < -0.39 is 11.6 Å². The number of carboxylic acids is 1. The van der Waals surface area contributed by atoms with Crippen molar-refractivity contribution < 1.29 is 15.0 Å². The van der Waals surface area contributed by atoms with E-state index in [9.17, 15) is 9.90 Å². The Balaban J connectivity index is 1.88. The van der Waals surface area contributed by atoms with E-state index in [0.29, 0.717) is 30.4 Å². The number of fused-ring (bicyclic) bond motifs is 1. The zero-order valence-electron chi connectivity index (χ0n) is 10.7. The first kappa shape index (κ1) is 12.6. The second-order valence-corrected chi connectivity index (χ2v) is 5.68. The third-order valence-corrected chi connectivity index (χ3v) is 4.55. The van der Waals surface area contributed by atoms with Crippen LogP contribution in [0.15, 0.2) is 18.2 Å². The number of hydrogen-bond acceptors (Lipinski definition) is 3. The fourth-order valence-corrected chi connectivity index (χ4v) is 3.44. The highest BCUT2D eigenvalue weighted by atomic mass is 16.4. The fourth-order valence-electron chi connectivity index (χ4n) is 3.44. The van der Waals surface area contributed by atoms with Gasteiger partial charge in [-0.05, 0) is 55.8 Å². The van der Waals surface area contributed by atoms with Crippen molar-refractivity contribution in [1.29, 1.82) is 0 Å². The largest absolute Gasteiger partial charge is 0.478 e. The van der Waals surface area contributed by atoms with Crippen LogP contribution < -0.4 is 5.32 Å². The first-order valence-corrected chi connectivity index (χ1v) is 6.80. The van der Waals surface area contributed by atoms with Crippen molar-refractivity contribution in [3.05, 3.63) is 35.4 Å². The number of aromatic carboxylic acids is 1. The summed E-state index contributed by atoms with van der Waals surface area (Å²) in [5, 5.41) is 23.3. The molecule has 2 aliphatic rings. The van der Waals surface area contributed by atoms with Crippen molar-refractivity contribution in [3.8, 4) is 0 Å². The second-order valence-electron chi connectivity index (χ2n) is 5.68. The first-order valence-electron chi connectivity index (χ1n) is 6.80. The van der Waals surface area contributed by atoms with Gasteiger partial charge in [0.2, 0.25) is 0 Å². The summed E-state index contributed by atoms with van der Waals surface area (Å²) in [5.41, 5.74) is -0.0825. The van der Waals surface area contributed by atoms with E-state index in [-0.39, 0.29) is 5.56 Å². The van der Waals surface area contributed by atoms with Crippen LogP contribution in [0.3, 0.4) is 0 Å². The Labute approximate surface area is 112 Å². The van der Waals surface area contributed by atoms with Gasteiger partial charge < -0.3 is 15.5 Å². The normalized spacial score (nSPS) is 33.9. The molecule has 4 nitrogen and oxygen atoms in total. The van der Waals surface area contributed by atoms with Crippen molar-refractivity contribution in [3.63, 3.8) is 0 Å². The molecule has 3 N–H and O–H groups in total. The molecule has 101 valence electrons. The zero-order chi connectivity index (χ0) is 13.5. The van der Waals surface area contributed by atoms with Crippen LogP contribution in [-0.4, -0.2) is 28.8 Å². The lowest BCUT2D eigenvalue weighted by atomic mass is 9.73. The highest BCUT2D eigenvalue weighted by Crippen LogP contribution is 2.42. The van der Waals surface area contributed by atoms with Crippen LogP contribution in [0.25, 0.3) is 0 Å². The standard InChI is InChI=1S/C15H18NO3/c17-14(18)11-2-1-3-12(8-11)15(19)6-4-10-5-7-16-13(10)9-15/h1,3,8,10,13,16,19H,4-7,9H2,(H,17,18). The Bertz CT molecular complexity index is 502. The molecule has 0 spiro atoms. The molecule has 3 unspecified atom stereocenters. The van der Waals surface area contributed by atoms with Crippen molar-refractivity contribution in [2.24, 2.45) is 5.92 Å². The van der Waals surface area contributed by atoms with Crippen LogP contribution >= 0.6 is 0 Å². The smallest absolute Gasteiger partial charge is 0.336 e. The number of aliphatic hydroxyl groups is 1. The van der Waals surface area contributed by atoms with E-state index in [4.69, 9.17) is 5.11 Å². The van der Waals surface area contributed by atoms with Gasteiger partial charge in [-0.25, -0.2) is 4.79 Å². The molecule has 1 aliphatic heterocycles. The first-order chi connectivity index (χ1) is 9.08.